The van der Waals surface area contributed by atoms with Crippen LogP contribution in [0.1, 0.15) is 16.7 Å². The average Bonchev–Trinajstić information content (AvgIpc) is 2.73. The number of morpholine rings is 1. The summed E-state index contributed by atoms with van der Waals surface area (Å²) in [6, 6.07) is 13.0. The maximum atomic E-state index is 12.5. The number of nitrogens with zero attached hydrogens (tertiary/aromatic N) is 2. The first-order chi connectivity index (χ1) is 14.7. The van der Waals surface area contributed by atoms with Crippen LogP contribution in [0.15, 0.2) is 42.5 Å². The summed E-state index contributed by atoms with van der Waals surface area (Å²) >= 11 is 6.14. The molecule has 0 radical (unpaired) electrons. The Labute approximate surface area is 189 Å². The third-order valence-electron chi connectivity index (χ3n) is 5.12. The number of aryl methyl sites for hydroxylation is 1. The first-order valence-electron chi connectivity index (χ1n) is 10.1. The van der Waals surface area contributed by atoms with Crippen molar-refractivity contribution >= 4 is 33.2 Å². The van der Waals surface area contributed by atoms with Crippen molar-refractivity contribution in [3.63, 3.8) is 0 Å². The molecule has 1 fully saturated rings. The first kappa shape index (κ1) is 23.5. The second-order valence-corrected chi connectivity index (χ2v) is 10.0. The van der Waals surface area contributed by atoms with Gasteiger partial charge in [0, 0.05) is 31.2 Å². The quantitative estimate of drug-likeness (QED) is 0.648. The fourth-order valence-corrected chi connectivity index (χ4v) is 4.40. The molecule has 0 atom stereocenters. The zero-order chi connectivity index (χ0) is 22.4. The lowest BCUT2D eigenvalue weighted by molar-refractivity contribution is -0.119. The van der Waals surface area contributed by atoms with Gasteiger partial charge in [-0.1, -0.05) is 41.9 Å². The van der Waals surface area contributed by atoms with Crippen LogP contribution in [0.4, 0.5) is 5.69 Å². The minimum Gasteiger partial charge on any atom is -0.379 e. The Bertz CT molecular complexity index is 1020. The summed E-state index contributed by atoms with van der Waals surface area (Å²) in [6.07, 6.45) is 1.07. The number of halogens is 1. The Morgan fingerprint density at radius 3 is 2.55 bits per heavy atom. The molecule has 0 unspecified atom stereocenters. The van der Waals surface area contributed by atoms with E-state index in [1.165, 1.54) is 5.56 Å². The molecule has 0 spiro atoms. The Morgan fingerprint density at radius 1 is 1.16 bits per heavy atom. The summed E-state index contributed by atoms with van der Waals surface area (Å²) in [5.74, 6) is -0.388. The van der Waals surface area contributed by atoms with Crippen LogP contribution in [0.3, 0.4) is 0 Å². The van der Waals surface area contributed by atoms with Gasteiger partial charge in [-0.3, -0.25) is 14.0 Å². The lowest BCUT2D eigenvalue weighted by atomic mass is 10.1. The van der Waals surface area contributed by atoms with Gasteiger partial charge in [-0.15, -0.1) is 0 Å². The van der Waals surface area contributed by atoms with E-state index >= 15 is 0 Å². The standard InChI is InChI=1S/C22H28ClN3O4S/c1-17-6-7-20(13-21(17)23)26(31(2,28)29)16-22(27)24-14-18-4-3-5-19(12-18)15-25-8-10-30-11-9-25/h3-7,12-13H,8-11,14-16H2,1-2H3,(H,24,27). The highest BCUT2D eigenvalue weighted by Crippen LogP contribution is 2.24. The van der Waals surface area contributed by atoms with Gasteiger partial charge in [0.1, 0.15) is 6.54 Å². The van der Waals surface area contributed by atoms with Gasteiger partial charge < -0.3 is 10.1 Å². The predicted octanol–water partition coefficient (Wildman–Crippen LogP) is 2.56. The Hall–Kier alpha value is -2.13. The van der Waals surface area contributed by atoms with Gasteiger partial charge in [0.2, 0.25) is 15.9 Å². The first-order valence-corrected chi connectivity index (χ1v) is 12.3. The van der Waals surface area contributed by atoms with Gasteiger partial charge in [-0.2, -0.15) is 0 Å². The molecule has 1 N–H and O–H groups in total. The molecular weight excluding hydrogens is 438 g/mol. The number of hydrogen-bond donors (Lipinski definition) is 1. The Kier molecular flexibility index (Phi) is 7.94. The molecule has 1 amide bonds. The number of hydrogen-bond acceptors (Lipinski definition) is 5. The van der Waals surface area contributed by atoms with Gasteiger partial charge in [0.15, 0.2) is 0 Å². The lowest BCUT2D eigenvalue weighted by Gasteiger charge is -2.26. The fraction of sp³-hybridized carbons (Fsp3) is 0.409. The molecule has 1 aliphatic heterocycles. The zero-order valence-electron chi connectivity index (χ0n) is 17.8. The molecule has 9 heteroatoms. The van der Waals surface area contributed by atoms with Crippen LogP contribution in [-0.4, -0.2) is 58.3 Å². The number of sulfonamides is 1. The highest BCUT2D eigenvalue weighted by Gasteiger charge is 2.21. The summed E-state index contributed by atoms with van der Waals surface area (Å²) in [7, 11) is -3.65. The minimum atomic E-state index is -3.65. The molecule has 7 nitrogen and oxygen atoms in total. The van der Waals surface area contributed by atoms with Gasteiger partial charge in [-0.05, 0) is 35.7 Å². The summed E-state index contributed by atoms with van der Waals surface area (Å²) in [4.78, 5) is 14.9. The SMILES string of the molecule is Cc1ccc(N(CC(=O)NCc2cccc(CN3CCOCC3)c2)S(C)(=O)=O)cc1Cl. The summed E-state index contributed by atoms with van der Waals surface area (Å²) in [5.41, 5.74) is 3.32. The summed E-state index contributed by atoms with van der Waals surface area (Å²) in [5, 5.41) is 3.26. The number of anilines is 1. The third-order valence-corrected chi connectivity index (χ3v) is 6.67. The van der Waals surface area contributed by atoms with Crippen LogP contribution < -0.4 is 9.62 Å². The highest BCUT2D eigenvalue weighted by molar-refractivity contribution is 7.92. The van der Waals surface area contributed by atoms with Gasteiger partial charge in [0.25, 0.3) is 0 Å². The second-order valence-electron chi connectivity index (χ2n) is 7.69. The second kappa shape index (κ2) is 10.5. The van der Waals surface area contributed by atoms with Crippen molar-refractivity contribution in [1.29, 1.82) is 0 Å². The van der Waals surface area contributed by atoms with Gasteiger partial charge in [0.05, 0.1) is 25.2 Å². The van der Waals surface area contributed by atoms with E-state index in [1.807, 2.05) is 19.1 Å². The van der Waals surface area contributed by atoms with Crippen LogP contribution in [0.25, 0.3) is 0 Å². The molecule has 2 aromatic carbocycles. The molecule has 1 heterocycles. The van der Waals surface area contributed by atoms with Gasteiger partial charge in [-0.25, -0.2) is 8.42 Å². The van der Waals surface area contributed by atoms with E-state index in [2.05, 4.69) is 22.3 Å². The van der Waals surface area contributed by atoms with Crippen molar-refractivity contribution < 1.29 is 17.9 Å². The topological polar surface area (TPSA) is 79.0 Å². The number of benzene rings is 2. The number of nitrogens with one attached hydrogen (secondary N) is 1. The zero-order valence-corrected chi connectivity index (χ0v) is 19.4. The van der Waals surface area contributed by atoms with Crippen molar-refractivity contribution in [1.82, 2.24) is 10.2 Å². The maximum absolute atomic E-state index is 12.5. The lowest BCUT2D eigenvalue weighted by Crippen LogP contribution is -2.40. The van der Waals surface area contributed by atoms with Gasteiger partial charge >= 0.3 is 0 Å². The van der Waals surface area contributed by atoms with Crippen molar-refractivity contribution in [2.75, 3.05) is 43.4 Å². The van der Waals surface area contributed by atoms with Crippen LogP contribution in [0, 0.1) is 6.92 Å². The number of amides is 1. The normalized spacial score (nSPS) is 14.9. The molecule has 168 valence electrons. The van der Waals surface area contributed by atoms with E-state index in [0.717, 1.165) is 54.5 Å². The third kappa shape index (κ3) is 6.93. The molecular formula is C22H28ClN3O4S. The number of rotatable bonds is 8. The molecule has 0 aromatic heterocycles. The van der Waals surface area contributed by atoms with Crippen LogP contribution in [0.2, 0.25) is 5.02 Å². The number of carbonyl (C=O) groups is 1. The Balaban J connectivity index is 1.61. The van der Waals surface area contributed by atoms with E-state index in [1.54, 1.807) is 18.2 Å². The van der Waals surface area contributed by atoms with Crippen LogP contribution >= 0.6 is 11.6 Å². The number of ether oxygens (including phenoxy) is 1. The van der Waals surface area contributed by atoms with Crippen molar-refractivity contribution in [2.45, 2.75) is 20.0 Å². The van der Waals surface area contributed by atoms with E-state index in [4.69, 9.17) is 16.3 Å². The molecule has 1 aliphatic rings. The highest BCUT2D eigenvalue weighted by atomic mass is 35.5. The average molecular weight is 466 g/mol. The smallest absolute Gasteiger partial charge is 0.241 e. The minimum absolute atomic E-state index is 0.314. The monoisotopic (exact) mass is 465 g/mol. The molecule has 31 heavy (non-hydrogen) atoms. The molecule has 3 rings (SSSR count). The van der Waals surface area contributed by atoms with Crippen molar-refractivity contribution in [2.24, 2.45) is 0 Å². The molecule has 2 aromatic rings. The fourth-order valence-electron chi connectivity index (χ4n) is 3.38. The molecule has 0 aliphatic carbocycles. The predicted molar refractivity (Wildman–Crippen MR) is 123 cm³/mol. The van der Waals surface area contributed by atoms with E-state index < -0.39 is 10.0 Å². The largest absolute Gasteiger partial charge is 0.379 e. The molecule has 0 bridgehead atoms. The summed E-state index contributed by atoms with van der Waals surface area (Å²) < 4.78 is 31.0. The van der Waals surface area contributed by atoms with Crippen LogP contribution in [0.5, 0.6) is 0 Å². The van der Waals surface area contributed by atoms with Crippen molar-refractivity contribution in [3.05, 3.63) is 64.2 Å². The van der Waals surface area contributed by atoms with E-state index in [-0.39, 0.29) is 12.5 Å². The maximum Gasteiger partial charge on any atom is 0.241 e. The summed E-state index contributed by atoms with van der Waals surface area (Å²) in [6.45, 7) is 5.99. The van der Waals surface area contributed by atoms with Crippen molar-refractivity contribution in [3.8, 4) is 0 Å². The van der Waals surface area contributed by atoms with E-state index in [9.17, 15) is 13.2 Å². The number of carbonyl (C=O) groups excluding carboxylic acids is 1. The molecule has 0 saturated carbocycles. The Morgan fingerprint density at radius 2 is 1.87 bits per heavy atom. The molecule has 1 saturated heterocycles. The van der Waals surface area contributed by atoms with E-state index in [0.29, 0.717) is 17.3 Å². The van der Waals surface area contributed by atoms with Crippen LogP contribution in [-0.2, 0) is 32.6 Å².